The van der Waals surface area contributed by atoms with Gasteiger partial charge in [0.2, 0.25) is 0 Å². The highest BCUT2D eigenvalue weighted by molar-refractivity contribution is 5.97. The van der Waals surface area contributed by atoms with E-state index in [1.807, 2.05) is 23.9 Å². The van der Waals surface area contributed by atoms with Gasteiger partial charge in [0, 0.05) is 42.0 Å². The third-order valence-electron chi connectivity index (χ3n) is 6.43. The van der Waals surface area contributed by atoms with E-state index in [-0.39, 0.29) is 29.9 Å². The molecule has 0 unspecified atom stereocenters. The van der Waals surface area contributed by atoms with Crippen molar-refractivity contribution in [3.8, 4) is 5.75 Å². The van der Waals surface area contributed by atoms with Crippen LogP contribution in [0.15, 0.2) is 30.5 Å². The molecule has 1 aliphatic carbocycles. The summed E-state index contributed by atoms with van der Waals surface area (Å²) in [6.07, 6.45) is 6.48. The number of hydrogen-bond acceptors (Lipinski definition) is 5. The molecule has 0 radical (unpaired) electrons. The van der Waals surface area contributed by atoms with Gasteiger partial charge in [0.25, 0.3) is 5.92 Å². The SMILES string of the molecule is COc1c(CC(=O)c2cccc(C(C)(F)F)n2)cc2cn(C3CCC(C=O)CC3)nc2c1C. The third-order valence-corrected chi connectivity index (χ3v) is 6.43. The molecule has 0 N–H and O–H groups in total. The fourth-order valence-electron chi connectivity index (χ4n) is 4.61. The predicted octanol–water partition coefficient (Wildman–Crippen LogP) is 5.22. The quantitative estimate of drug-likeness (QED) is 0.361. The largest absolute Gasteiger partial charge is 0.496 e. The molecule has 0 amide bonds. The molecule has 6 nitrogen and oxygen atoms in total. The monoisotopic (exact) mass is 455 g/mol. The van der Waals surface area contributed by atoms with Crippen LogP contribution in [0.25, 0.3) is 10.9 Å². The molecule has 33 heavy (non-hydrogen) atoms. The van der Waals surface area contributed by atoms with E-state index in [1.165, 1.54) is 25.3 Å². The average Bonchev–Trinajstić information content (AvgIpc) is 3.23. The highest BCUT2D eigenvalue weighted by Gasteiger charge is 2.28. The Hall–Kier alpha value is -3.16. The van der Waals surface area contributed by atoms with Crippen molar-refractivity contribution in [2.45, 2.75) is 57.9 Å². The van der Waals surface area contributed by atoms with Crippen LogP contribution in [-0.4, -0.2) is 33.9 Å². The zero-order valence-corrected chi connectivity index (χ0v) is 19.0. The number of hydrogen-bond donors (Lipinski definition) is 0. The molecule has 1 aliphatic rings. The van der Waals surface area contributed by atoms with Crippen LogP contribution in [0.4, 0.5) is 8.78 Å². The van der Waals surface area contributed by atoms with Gasteiger partial charge in [-0.1, -0.05) is 6.07 Å². The van der Waals surface area contributed by atoms with Crippen molar-refractivity contribution in [3.05, 3.63) is 53.0 Å². The van der Waals surface area contributed by atoms with E-state index in [0.29, 0.717) is 11.3 Å². The van der Waals surface area contributed by atoms with Crippen molar-refractivity contribution >= 4 is 23.0 Å². The third kappa shape index (κ3) is 4.65. The molecule has 8 heteroatoms. The molecule has 1 aromatic carbocycles. The molecule has 0 spiro atoms. The lowest BCUT2D eigenvalue weighted by Gasteiger charge is -2.25. The van der Waals surface area contributed by atoms with E-state index < -0.39 is 11.6 Å². The Morgan fingerprint density at radius 1 is 1.27 bits per heavy atom. The van der Waals surface area contributed by atoms with Crippen LogP contribution in [0.2, 0.25) is 0 Å². The lowest BCUT2D eigenvalue weighted by molar-refractivity contribution is -0.112. The summed E-state index contributed by atoms with van der Waals surface area (Å²) in [6, 6.07) is 6.18. The second-order valence-corrected chi connectivity index (χ2v) is 8.84. The van der Waals surface area contributed by atoms with E-state index in [4.69, 9.17) is 9.84 Å². The van der Waals surface area contributed by atoms with Gasteiger partial charge in [0.1, 0.15) is 23.4 Å². The number of aldehydes is 1. The van der Waals surface area contributed by atoms with Gasteiger partial charge in [-0.15, -0.1) is 0 Å². The first-order valence-corrected chi connectivity index (χ1v) is 11.1. The molecule has 3 aromatic rings. The molecule has 1 saturated carbocycles. The second kappa shape index (κ2) is 9.00. The average molecular weight is 456 g/mol. The lowest BCUT2D eigenvalue weighted by atomic mass is 9.87. The zero-order valence-electron chi connectivity index (χ0n) is 19.0. The van der Waals surface area contributed by atoms with Gasteiger partial charge in [-0.25, -0.2) is 4.98 Å². The van der Waals surface area contributed by atoms with Crippen LogP contribution in [0, 0.1) is 12.8 Å². The number of methoxy groups -OCH3 is 1. The van der Waals surface area contributed by atoms with Crippen molar-refractivity contribution in [2.75, 3.05) is 7.11 Å². The normalized spacial score (nSPS) is 18.9. The topological polar surface area (TPSA) is 74.1 Å². The highest BCUT2D eigenvalue weighted by atomic mass is 19.3. The summed E-state index contributed by atoms with van der Waals surface area (Å²) >= 11 is 0. The number of carbonyl (C=O) groups is 2. The van der Waals surface area contributed by atoms with Crippen molar-refractivity contribution in [1.82, 2.24) is 14.8 Å². The van der Waals surface area contributed by atoms with E-state index in [0.717, 1.165) is 55.4 Å². The smallest absolute Gasteiger partial charge is 0.286 e. The molecule has 0 saturated heterocycles. The summed E-state index contributed by atoms with van der Waals surface area (Å²) in [5.74, 6) is -2.80. The van der Waals surface area contributed by atoms with Crippen molar-refractivity contribution in [2.24, 2.45) is 5.92 Å². The van der Waals surface area contributed by atoms with Crippen LogP contribution >= 0.6 is 0 Å². The lowest BCUT2D eigenvalue weighted by Crippen LogP contribution is -2.19. The zero-order chi connectivity index (χ0) is 23.8. The molecule has 0 atom stereocenters. The summed E-state index contributed by atoms with van der Waals surface area (Å²) in [5.41, 5.74) is 1.84. The summed E-state index contributed by atoms with van der Waals surface area (Å²) in [7, 11) is 1.54. The Labute approximate surface area is 191 Å². The summed E-state index contributed by atoms with van der Waals surface area (Å²) in [5, 5.41) is 5.66. The van der Waals surface area contributed by atoms with Crippen molar-refractivity contribution in [1.29, 1.82) is 0 Å². The first-order chi connectivity index (χ1) is 15.7. The Morgan fingerprint density at radius 3 is 2.64 bits per heavy atom. The summed E-state index contributed by atoms with van der Waals surface area (Å²) in [4.78, 5) is 27.8. The number of carbonyl (C=O) groups excluding carboxylic acids is 2. The molecule has 174 valence electrons. The van der Waals surface area contributed by atoms with Gasteiger partial charge in [0.15, 0.2) is 5.78 Å². The van der Waals surface area contributed by atoms with Gasteiger partial charge in [-0.05, 0) is 50.8 Å². The van der Waals surface area contributed by atoms with Gasteiger partial charge in [-0.3, -0.25) is 9.48 Å². The number of Topliss-reactive ketones (excluding diaryl/α,β-unsaturated/α-hetero) is 1. The minimum absolute atomic E-state index is 0.00328. The Balaban J connectivity index is 1.64. The van der Waals surface area contributed by atoms with Crippen LogP contribution in [0.1, 0.15) is 66.0 Å². The predicted molar refractivity (Wildman–Crippen MR) is 120 cm³/mol. The highest BCUT2D eigenvalue weighted by Crippen LogP contribution is 2.35. The fraction of sp³-hybridized carbons (Fsp3) is 0.440. The molecule has 1 fully saturated rings. The number of fused-ring (bicyclic) bond motifs is 1. The number of rotatable bonds is 7. The Morgan fingerprint density at radius 2 is 2.00 bits per heavy atom. The fourth-order valence-corrected chi connectivity index (χ4v) is 4.61. The Kier molecular flexibility index (Phi) is 6.28. The number of nitrogens with zero attached hydrogens (tertiary/aromatic N) is 3. The number of alkyl halides is 2. The molecular weight excluding hydrogens is 428 g/mol. The first kappa shape index (κ1) is 23.0. The van der Waals surface area contributed by atoms with E-state index in [2.05, 4.69) is 4.98 Å². The molecule has 4 rings (SSSR count). The molecule has 2 aromatic heterocycles. The molecule has 0 bridgehead atoms. The number of aromatic nitrogens is 3. The maximum atomic E-state index is 13.6. The summed E-state index contributed by atoms with van der Waals surface area (Å²) < 4.78 is 34.9. The van der Waals surface area contributed by atoms with Crippen molar-refractivity contribution in [3.63, 3.8) is 0 Å². The number of pyridine rings is 1. The number of ketones is 1. The van der Waals surface area contributed by atoms with Gasteiger partial charge in [0.05, 0.1) is 18.7 Å². The van der Waals surface area contributed by atoms with Crippen LogP contribution in [0.3, 0.4) is 0 Å². The minimum atomic E-state index is -3.12. The van der Waals surface area contributed by atoms with Crippen molar-refractivity contribution < 1.29 is 23.1 Å². The van der Waals surface area contributed by atoms with Crippen LogP contribution in [0.5, 0.6) is 5.75 Å². The van der Waals surface area contributed by atoms with E-state index in [9.17, 15) is 18.4 Å². The standard InChI is InChI=1S/C25H27F2N3O3/c1-15-23-18(13-30(29-23)19-9-7-16(14-31)8-10-19)11-17(24(15)33-3)12-21(32)20-5-4-6-22(28-20)25(2,26)27/h4-6,11,13-14,16,19H,7-10,12H2,1-3H3. The van der Waals surface area contributed by atoms with E-state index in [1.54, 1.807) is 0 Å². The van der Waals surface area contributed by atoms with Gasteiger partial charge in [-0.2, -0.15) is 13.9 Å². The van der Waals surface area contributed by atoms with Gasteiger partial charge < -0.3 is 9.53 Å². The maximum Gasteiger partial charge on any atom is 0.286 e. The minimum Gasteiger partial charge on any atom is -0.496 e. The van der Waals surface area contributed by atoms with Crippen LogP contribution < -0.4 is 4.74 Å². The Bertz CT molecular complexity index is 1190. The molecular formula is C25H27F2N3O3. The second-order valence-electron chi connectivity index (χ2n) is 8.84. The number of aryl methyl sites for hydroxylation is 1. The van der Waals surface area contributed by atoms with Crippen LogP contribution in [-0.2, 0) is 17.1 Å². The summed E-state index contributed by atoms with van der Waals surface area (Å²) in [6.45, 7) is 2.65. The van der Waals surface area contributed by atoms with Gasteiger partial charge >= 0.3 is 0 Å². The first-order valence-electron chi connectivity index (χ1n) is 11.1. The number of halogens is 2. The molecule has 0 aliphatic heterocycles. The number of benzene rings is 1. The number of ether oxygens (including phenoxy) is 1. The maximum absolute atomic E-state index is 13.6. The van der Waals surface area contributed by atoms with E-state index >= 15 is 0 Å². The molecule has 2 heterocycles.